The lowest BCUT2D eigenvalue weighted by Gasteiger charge is -2.08. The lowest BCUT2D eigenvalue weighted by molar-refractivity contribution is 0.109. The summed E-state index contributed by atoms with van der Waals surface area (Å²) in [6.45, 7) is 2.69. The van der Waals surface area contributed by atoms with Gasteiger partial charge in [0.15, 0.2) is 0 Å². The van der Waals surface area contributed by atoms with E-state index in [1.807, 2.05) is 0 Å². The van der Waals surface area contributed by atoms with Crippen LogP contribution < -0.4 is 5.32 Å². The Kier molecular flexibility index (Phi) is 3.72. The molecule has 60 valence electrons. The van der Waals surface area contributed by atoms with E-state index in [-0.39, 0.29) is 6.61 Å². The van der Waals surface area contributed by atoms with Gasteiger partial charge in [-0.05, 0) is 12.8 Å². The van der Waals surface area contributed by atoms with Crippen LogP contribution in [0.15, 0.2) is 0 Å². The highest BCUT2D eigenvalue weighted by atomic mass is 16.5. The van der Waals surface area contributed by atoms with E-state index < -0.39 is 0 Å². The highest BCUT2D eigenvalue weighted by Gasteiger charge is 2.13. The van der Waals surface area contributed by atoms with Gasteiger partial charge in [0.2, 0.25) is 0 Å². The summed E-state index contributed by atoms with van der Waals surface area (Å²) in [5.74, 6) is 0. The van der Waals surface area contributed by atoms with Crippen LogP contribution in [0.25, 0.3) is 0 Å². The lowest BCUT2D eigenvalue weighted by Crippen LogP contribution is -2.28. The van der Waals surface area contributed by atoms with E-state index in [2.05, 4.69) is 5.32 Å². The molecule has 0 bridgehead atoms. The summed E-state index contributed by atoms with van der Waals surface area (Å²) in [5.41, 5.74) is 0. The molecule has 1 saturated heterocycles. The molecule has 1 unspecified atom stereocenters. The van der Waals surface area contributed by atoms with Crippen LogP contribution in [0.4, 0.5) is 0 Å². The minimum atomic E-state index is 0.215. The fourth-order valence-electron chi connectivity index (χ4n) is 1.15. The van der Waals surface area contributed by atoms with Gasteiger partial charge in [-0.3, -0.25) is 0 Å². The maximum Gasteiger partial charge on any atom is 0.0700 e. The zero-order valence-electron chi connectivity index (χ0n) is 6.18. The Morgan fingerprint density at radius 2 is 2.50 bits per heavy atom. The second kappa shape index (κ2) is 4.66. The van der Waals surface area contributed by atoms with Crippen molar-refractivity contribution in [3.05, 3.63) is 0 Å². The van der Waals surface area contributed by atoms with Crippen LogP contribution in [0.5, 0.6) is 0 Å². The predicted octanol–water partition coefficient (Wildman–Crippen LogP) is -0.253. The van der Waals surface area contributed by atoms with Crippen molar-refractivity contribution >= 4 is 0 Å². The van der Waals surface area contributed by atoms with Gasteiger partial charge >= 0.3 is 0 Å². The molecule has 3 nitrogen and oxygen atoms in total. The number of aliphatic hydroxyl groups excluding tert-OH is 1. The monoisotopic (exact) mass is 145 g/mol. The number of nitrogens with one attached hydrogen (secondary N) is 1. The third kappa shape index (κ3) is 2.64. The van der Waals surface area contributed by atoms with Crippen LogP contribution in [-0.2, 0) is 4.74 Å². The topological polar surface area (TPSA) is 41.5 Å². The standard InChI is InChI=1S/C7H15NO2/c9-4-3-8-6-7-2-1-5-10-7/h7-9H,1-6H2. The van der Waals surface area contributed by atoms with Crippen molar-refractivity contribution in [3.63, 3.8) is 0 Å². The average molecular weight is 145 g/mol. The normalized spacial score (nSPS) is 25.5. The third-order valence-electron chi connectivity index (χ3n) is 1.68. The highest BCUT2D eigenvalue weighted by molar-refractivity contribution is 4.66. The predicted molar refractivity (Wildman–Crippen MR) is 38.9 cm³/mol. The van der Waals surface area contributed by atoms with Crippen molar-refractivity contribution in [1.82, 2.24) is 5.32 Å². The Bertz CT molecular complexity index is 81.7. The molecule has 0 aromatic carbocycles. The second-order valence-corrected chi connectivity index (χ2v) is 2.56. The van der Waals surface area contributed by atoms with Gasteiger partial charge in [0.25, 0.3) is 0 Å². The number of rotatable bonds is 4. The maximum atomic E-state index is 8.44. The maximum absolute atomic E-state index is 8.44. The molecule has 0 radical (unpaired) electrons. The molecule has 10 heavy (non-hydrogen) atoms. The summed E-state index contributed by atoms with van der Waals surface area (Å²) in [7, 11) is 0. The van der Waals surface area contributed by atoms with E-state index in [4.69, 9.17) is 9.84 Å². The smallest absolute Gasteiger partial charge is 0.0700 e. The molecule has 3 heteroatoms. The van der Waals surface area contributed by atoms with Gasteiger partial charge in [-0.1, -0.05) is 0 Å². The molecular weight excluding hydrogens is 130 g/mol. The minimum absolute atomic E-state index is 0.215. The second-order valence-electron chi connectivity index (χ2n) is 2.56. The number of hydrogen-bond donors (Lipinski definition) is 2. The van der Waals surface area contributed by atoms with Crippen molar-refractivity contribution in [1.29, 1.82) is 0 Å². The third-order valence-corrected chi connectivity index (χ3v) is 1.68. The SMILES string of the molecule is OCCNCC1CCCO1. The van der Waals surface area contributed by atoms with E-state index in [1.54, 1.807) is 0 Å². The van der Waals surface area contributed by atoms with E-state index in [9.17, 15) is 0 Å². The quantitative estimate of drug-likeness (QED) is 0.536. The molecule has 1 fully saturated rings. The summed E-state index contributed by atoms with van der Waals surface area (Å²) >= 11 is 0. The van der Waals surface area contributed by atoms with E-state index >= 15 is 0 Å². The molecule has 0 saturated carbocycles. The molecule has 1 rings (SSSR count). The van der Waals surface area contributed by atoms with Gasteiger partial charge in [-0.25, -0.2) is 0 Å². The molecule has 1 aliphatic heterocycles. The van der Waals surface area contributed by atoms with Gasteiger partial charge in [-0.2, -0.15) is 0 Å². The van der Waals surface area contributed by atoms with Crippen molar-refractivity contribution in [2.45, 2.75) is 18.9 Å². The first-order valence-electron chi connectivity index (χ1n) is 3.86. The Balaban J connectivity index is 1.91. The van der Waals surface area contributed by atoms with Crippen molar-refractivity contribution in [2.75, 3.05) is 26.3 Å². The zero-order chi connectivity index (χ0) is 7.23. The lowest BCUT2D eigenvalue weighted by atomic mass is 10.2. The van der Waals surface area contributed by atoms with Crippen LogP contribution in [0.2, 0.25) is 0 Å². The largest absolute Gasteiger partial charge is 0.395 e. The molecule has 2 N–H and O–H groups in total. The van der Waals surface area contributed by atoms with Crippen molar-refractivity contribution in [2.24, 2.45) is 0 Å². The highest BCUT2D eigenvalue weighted by Crippen LogP contribution is 2.10. The fraction of sp³-hybridized carbons (Fsp3) is 1.00. The van der Waals surface area contributed by atoms with Gasteiger partial charge in [-0.15, -0.1) is 0 Å². The molecule has 0 aliphatic carbocycles. The van der Waals surface area contributed by atoms with Gasteiger partial charge in [0.1, 0.15) is 0 Å². The first-order chi connectivity index (χ1) is 4.93. The van der Waals surface area contributed by atoms with E-state index in [0.29, 0.717) is 12.6 Å². The van der Waals surface area contributed by atoms with Gasteiger partial charge in [0, 0.05) is 19.7 Å². The number of hydrogen-bond acceptors (Lipinski definition) is 3. The van der Waals surface area contributed by atoms with Crippen LogP contribution in [0.1, 0.15) is 12.8 Å². The zero-order valence-corrected chi connectivity index (χ0v) is 6.18. The molecule has 0 aromatic heterocycles. The minimum Gasteiger partial charge on any atom is -0.395 e. The fourth-order valence-corrected chi connectivity index (χ4v) is 1.15. The summed E-state index contributed by atoms with van der Waals surface area (Å²) < 4.78 is 5.36. The molecule has 0 aromatic rings. The summed E-state index contributed by atoms with van der Waals surface area (Å²) in [6.07, 6.45) is 2.75. The summed E-state index contributed by atoms with van der Waals surface area (Å²) in [5, 5.41) is 11.5. The number of ether oxygens (including phenoxy) is 1. The first-order valence-corrected chi connectivity index (χ1v) is 3.86. The summed E-state index contributed by atoms with van der Waals surface area (Å²) in [6, 6.07) is 0. The Morgan fingerprint density at radius 3 is 3.10 bits per heavy atom. The average Bonchev–Trinajstić information content (AvgIpc) is 2.41. The van der Waals surface area contributed by atoms with Crippen LogP contribution in [0, 0.1) is 0 Å². The van der Waals surface area contributed by atoms with E-state index in [0.717, 1.165) is 13.2 Å². The van der Waals surface area contributed by atoms with Crippen molar-refractivity contribution < 1.29 is 9.84 Å². The van der Waals surface area contributed by atoms with Crippen LogP contribution >= 0.6 is 0 Å². The molecule has 1 atom stereocenters. The van der Waals surface area contributed by atoms with Crippen LogP contribution in [0.3, 0.4) is 0 Å². The Morgan fingerprint density at radius 1 is 1.60 bits per heavy atom. The van der Waals surface area contributed by atoms with Gasteiger partial charge < -0.3 is 15.2 Å². The van der Waals surface area contributed by atoms with E-state index in [1.165, 1.54) is 12.8 Å². The van der Waals surface area contributed by atoms with Gasteiger partial charge in [0.05, 0.1) is 12.7 Å². The molecule has 0 spiro atoms. The Hall–Kier alpha value is -0.120. The first kappa shape index (κ1) is 7.98. The molecule has 0 amide bonds. The molecule has 1 heterocycles. The Labute approximate surface area is 61.4 Å². The summed E-state index contributed by atoms with van der Waals surface area (Å²) in [4.78, 5) is 0. The molecular formula is C7H15NO2. The van der Waals surface area contributed by atoms with Crippen LogP contribution in [-0.4, -0.2) is 37.5 Å². The van der Waals surface area contributed by atoms with Crippen molar-refractivity contribution in [3.8, 4) is 0 Å². The molecule has 1 aliphatic rings. The number of aliphatic hydroxyl groups is 1.